The Hall–Kier alpha value is -1.71. The molecule has 0 bridgehead atoms. The fraction of sp³-hybridized carbons (Fsp3) is 0.455. The molecule has 0 saturated heterocycles. The molecule has 2 rings (SSSR count). The third-order valence-corrected chi connectivity index (χ3v) is 3.68. The van der Waals surface area contributed by atoms with E-state index in [0.717, 1.165) is 0 Å². The molecule has 8 nitrogen and oxygen atoms in total. The number of benzene rings is 1. The molecule has 1 aromatic carbocycles. The van der Waals surface area contributed by atoms with Crippen molar-refractivity contribution in [3.63, 3.8) is 0 Å². The van der Waals surface area contributed by atoms with Crippen LogP contribution in [0.1, 0.15) is 37.0 Å². The number of phenolic OH excluding ortho intramolecular Hbond substituents is 2. The van der Waals surface area contributed by atoms with E-state index in [-0.39, 0.29) is 29.3 Å². The van der Waals surface area contributed by atoms with Crippen LogP contribution in [0.3, 0.4) is 0 Å². The van der Waals surface area contributed by atoms with Crippen molar-refractivity contribution >= 4 is 10.4 Å². The summed E-state index contributed by atoms with van der Waals surface area (Å²) in [6, 6.07) is 0. The standard InChI is InChI=1S/C11H15NO7S/c1-4(2)6-7(5(13)3-12)10-11(9(15)8(6)14)19-20(16,17)18-10/h4-5,13-15H,3,12H2,1-2H3/t5-/m1/s1. The minimum Gasteiger partial charge on any atom is -0.504 e. The van der Waals surface area contributed by atoms with Gasteiger partial charge in [-0.05, 0) is 5.92 Å². The van der Waals surface area contributed by atoms with E-state index >= 15 is 0 Å². The Bertz CT molecular complexity index is 653. The molecule has 0 radical (unpaired) electrons. The van der Waals surface area contributed by atoms with Gasteiger partial charge in [0.15, 0.2) is 11.5 Å². The van der Waals surface area contributed by atoms with Crippen molar-refractivity contribution in [1.82, 2.24) is 0 Å². The van der Waals surface area contributed by atoms with E-state index in [0.29, 0.717) is 0 Å². The summed E-state index contributed by atoms with van der Waals surface area (Å²) in [5.74, 6) is -2.54. The van der Waals surface area contributed by atoms with E-state index in [1.807, 2.05) is 0 Å². The van der Waals surface area contributed by atoms with Crippen LogP contribution in [0.4, 0.5) is 0 Å². The highest BCUT2D eigenvalue weighted by Crippen LogP contribution is 2.55. The molecule has 5 N–H and O–H groups in total. The fourth-order valence-corrected chi connectivity index (χ4v) is 2.89. The number of phenols is 2. The lowest BCUT2D eigenvalue weighted by atomic mass is 9.91. The number of aliphatic hydroxyl groups excluding tert-OH is 1. The Morgan fingerprint density at radius 2 is 1.65 bits per heavy atom. The predicted molar refractivity (Wildman–Crippen MR) is 68.1 cm³/mol. The van der Waals surface area contributed by atoms with Crippen LogP contribution >= 0.6 is 0 Å². The summed E-state index contributed by atoms with van der Waals surface area (Å²) in [5, 5.41) is 29.8. The van der Waals surface area contributed by atoms with E-state index in [9.17, 15) is 23.7 Å². The first-order chi connectivity index (χ1) is 9.19. The molecular weight excluding hydrogens is 290 g/mol. The van der Waals surface area contributed by atoms with Gasteiger partial charge in [-0.1, -0.05) is 13.8 Å². The number of rotatable bonds is 3. The van der Waals surface area contributed by atoms with Gasteiger partial charge < -0.3 is 29.4 Å². The molecule has 1 aliphatic heterocycles. The third kappa shape index (κ3) is 2.13. The molecule has 0 unspecified atom stereocenters. The average Bonchev–Trinajstić information content (AvgIpc) is 2.67. The van der Waals surface area contributed by atoms with E-state index in [1.54, 1.807) is 13.8 Å². The third-order valence-electron chi connectivity index (χ3n) is 2.94. The molecule has 112 valence electrons. The quantitative estimate of drug-likeness (QED) is 0.582. The van der Waals surface area contributed by atoms with Crippen molar-refractivity contribution in [2.75, 3.05) is 6.54 Å². The van der Waals surface area contributed by atoms with Gasteiger partial charge >= 0.3 is 10.4 Å². The summed E-state index contributed by atoms with van der Waals surface area (Å²) in [4.78, 5) is 0. The summed E-state index contributed by atoms with van der Waals surface area (Å²) < 4.78 is 31.8. The summed E-state index contributed by atoms with van der Waals surface area (Å²) in [6.45, 7) is 3.16. The van der Waals surface area contributed by atoms with Crippen LogP contribution < -0.4 is 14.1 Å². The first kappa shape index (κ1) is 14.7. The molecule has 20 heavy (non-hydrogen) atoms. The molecule has 1 aliphatic rings. The van der Waals surface area contributed by atoms with Gasteiger partial charge in [0.2, 0.25) is 11.5 Å². The highest BCUT2D eigenvalue weighted by atomic mass is 32.3. The van der Waals surface area contributed by atoms with Gasteiger partial charge in [0, 0.05) is 17.7 Å². The van der Waals surface area contributed by atoms with E-state index in [2.05, 4.69) is 8.37 Å². The smallest absolute Gasteiger partial charge is 0.501 e. The van der Waals surface area contributed by atoms with Crippen molar-refractivity contribution in [3.05, 3.63) is 11.1 Å². The van der Waals surface area contributed by atoms with Crippen LogP contribution in [0.5, 0.6) is 23.0 Å². The molecule has 0 fully saturated rings. The first-order valence-electron chi connectivity index (χ1n) is 5.83. The summed E-state index contributed by atoms with van der Waals surface area (Å²) >= 11 is 0. The lowest BCUT2D eigenvalue weighted by molar-refractivity contribution is 0.182. The second-order valence-electron chi connectivity index (χ2n) is 4.66. The van der Waals surface area contributed by atoms with Crippen LogP contribution in [0.2, 0.25) is 0 Å². The molecule has 0 saturated carbocycles. The minimum absolute atomic E-state index is 0.00567. The molecule has 0 amide bonds. The Labute approximate surface area is 115 Å². The van der Waals surface area contributed by atoms with Gasteiger partial charge in [-0.25, -0.2) is 0 Å². The molecule has 9 heteroatoms. The van der Waals surface area contributed by atoms with Crippen molar-refractivity contribution in [2.45, 2.75) is 25.9 Å². The molecule has 0 aromatic heterocycles. The summed E-state index contributed by atoms with van der Waals surface area (Å²) in [7, 11) is -4.37. The van der Waals surface area contributed by atoms with E-state index in [1.165, 1.54) is 0 Å². The van der Waals surface area contributed by atoms with Crippen LogP contribution in [-0.4, -0.2) is 30.3 Å². The fourth-order valence-electron chi connectivity index (χ4n) is 2.13. The lowest BCUT2D eigenvalue weighted by Gasteiger charge is -2.20. The van der Waals surface area contributed by atoms with E-state index in [4.69, 9.17) is 5.73 Å². The van der Waals surface area contributed by atoms with Gasteiger partial charge in [-0.3, -0.25) is 0 Å². The summed E-state index contributed by atoms with van der Waals surface area (Å²) in [5.41, 5.74) is 5.53. The highest BCUT2D eigenvalue weighted by Gasteiger charge is 2.40. The SMILES string of the molecule is CC(C)c1c(O)c(O)c2c(c1[C@H](O)CN)OS(=O)(=O)O2. The van der Waals surface area contributed by atoms with Gasteiger partial charge in [0.05, 0.1) is 6.10 Å². The van der Waals surface area contributed by atoms with Crippen LogP contribution in [-0.2, 0) is 10.4 Å². The number of aromatic hydroxyl groups is 2. The maximum Gasteiger partial charge on any atom is 0.501 e. The van der Waals surface area contributed by atoms with Gasteiger partial charge in [0.25, 0.3) is 0 Å². The van der Waals surface area contributed by atoms with Crippen molar-refractivity contribution < 1.29 is 32.1 Å². The number of nitrogens with two attached hydrogens (primary N) is 1. The zero-order chi connectivity index (χ0) is 15.2. The van der Waals surface area contributed by atoms with Crippen LogP contribution in [0.25, 0.3) is 0 Å². The molecule has 1 heterocycles. The molecular formula is C11H15NO7S. The van der Waals surface area contributed by atoms with E-state index < -0.39 is 33.8 Å². The normalized spacial score (nSPS) is 17.4. The molecule has 0 spiro atoms. The number of hydrogen-bond acceptors (Lipinski definition) is 8. The average molecular weight is 305 g/mol. The predicted octanol–water partition coefficient (Wildman–Crippen LogP) is 0.229. The lowest BCUT2D eigenvalue weighted by Crippen LogP contribution is -2.15. The largest absolute Gasteiger partial charge is 0.504 e. The molecule has 1 aromatic rings. The number of fused-ring (bicyclic) bond motifs is 1. The van der Waals surface area contributed by atoms with Crippen molar-refractivity contribution in [3.8, 4) is 23.0 Å². The maximum absolute atomic E-state index is 11.3. The van der Waals surface area contributed by atoms with Crippen LogP contribution in [0.15, 0.2) is 0 Å². The molecule has 0 aliphatic carbocycles. The number of aliphatic hydroxyl groups is 1. The maximum atomic E-state index is 11.3. The summed E-state index contributed by atoms with van der Waals surface area (Å²) in [6.07, 6.45) is -1.27. The highest BCUT2D eigenvalue weighted by molar-refractivity contribution is 7.82. The zero-order valence-corrected chi connectivity index (χ0v) is 11.6. The Morgan fingerprint density at radius 1 is 1.10 bits per heavy atom. The van der Waals surface area contributed by atoms with Crippen molar-refractivity contribution in [2.24, 2.45) is 5.73 Å². The first-order valence-corrected chi connectivity index (χ1v) is 7.16. The second-order valence-corrected chi connectivity index (χ2v) is 5.81. The Balaban J connectivity index is 2.84. The van der Waals surface area contributed by atoms with Gasteiger partial charge in [-0.15, -0.1) is 8.42 Å². The number of hydrogen-bond donors (Lipinski definition) is 4. The van der Waals surface area contributed by atoms with Crippen molar-refractivity contribution in [1.29, 1.82) is 0 Å². The van der Waals surface area contributed by atoms with Gasteiger partial charge in [-0.2, -0.15) is 0 Å². The topological polar surface area (TPSA) is 139 Å². The Morgan fingerprint density at radius 3 is 2.15 bits per heavy atom. The molecule has 1 atom stereocenters. The van der Waals surface area contributed by atoms with Gasteiger partial charge in [0.1, 0.15) is 0 Å². The van der Waals surface area contributed by atoms with Crippen LogP contribution in [0, 0.1) is 0 Å². The monoisotopic (exact) mass is 305 g/mol. The Kier molecular flexibility index (Phi) is 3.44. The minimum atomic E-state index is -4.37. The zero-order valence-electron chi connectivity index (χ0n) is 10.8. The second kappa shape index (κ2) is 4.69.